The molecule has 29 heavy (non-hydrogen) atoms. The van der Waals surface area contributed by atoms with E-state index in [9.17, 15) is 30.7 Å². The molecule has 1 aromatic carbocycles. The lowest BCUT2D eigenvalue weighted by atomic mass is 9.84. The third-order valence-corrected chi connectivity index (χ3v) is 5.36. The minimum atomic E-state index is -4.86. The van der Waals surface area contributed by atoms with E-state index in [0.29, 0.717) is 12.3 Å². The normalized spacial score (nSPS) is 25.9. The highest BCUT2D eigenvalue weighted by Gasteiger charge is 2.54. The first-order valence-corrected chi connectivity index (χ1v) is 8.90. The predicted molar refractivity (Wildman–Crippen MR) is 89.6 cm³/mol. The number of halogens is 8. The van der Waals surface area contributed by atoms with Gasteiger partial charge in [0.25, 0.3) is 0 Å². The standard InChI is InChI=1S/C17H10BrF7N2O2/c18-9-2-1-8-13(12(9)20)28-5-11(19)16(8)6-27-4-7(17(23,24)25)3-10(14(27)26-16)29-15(21)22/h1-4,11,15H,5-6H2/t11-,16?/m1/s1. The molecule has 0 aromatic heterocycles. The molecule has 0 N–H and O–H groups in total. The smallest absolute Gasteiger partial charge is 0.417 e. The molecule has 0 bridgehead atoms. The SMILES string of the molecule is Fc1c(Br)ccc2c1OC[C@@H](F)C21CN2C=C(C(F)(F)F)C=C(OC(F)F)C2=N1. The molecule has 0 radical (unpaired) electrons. The molecule has 3 aliphatic rings. The zero-order valence-electron chi connectivity index (χ0n) is 14.1. The van der Waals surface area contributed by atoms with Crippen LogP contribution in [0.15, 0.2) is 45.2 Å². The van der Waals surface area contributed by atoms with Gasteiger partial charge in [-0.1, -0.05) is 6.07 Å². The number of rotatable bonds is 2. The first-order valence-electron chi connectivity index (χ1n) is 8.10. The van der Waals surface area contributed by atoms with Gasteiger partial charge in [-0.15, -0.1) is 0 Å². The van der Waals surface area contributed by atoms with E-state index in [4.69, 9.17) is 4.74 Å². The van der Waals surface area contributed by atoms with Gasteiger partial charge in [0.05, 0.1) is 16.6 Å². The molecule has 0 saturated heterocycles. The molecule has 2 atom stereocenters. The Morgan fingerprint density at radius 2 is 2.03 bits per heavy atom. The number of aliphatic imine (C=N–C) groups is 1. The summed E-state index contributed by atoms with van der Waals surface area (Å²) in [5.74, 6) is -2.40. The fourth-order valence-electron chi connectivity index (χ4n) is 3.47. The highest BCUT2D eigenvalue weighted by atomic mass is 79.9. The van der Waals surface area contributed by atoms with Crippen LogP contribution in [0.5, 0.6) is 5.75 Å². The van der Waals surface area contributed by atoms with E-state index >= 15 is 0 Å². The first-order chi connectivity index (χ1) is 13.5. The van der Waals surface area contributed by atoms with E-state index in [1.807, 2.05) is 0 Å². The summed E-state index contributed by atoms with van der Waals surface area (Å²) in [5, 5.41) is 0. The average molecular weight is 487 g/mol. The van der Waals surface area contributed by atoms with E-state index in [-0.39, 0.29) is 15.8 Å². The molecule has 1 aromatic rings. The largest absolute Gasteiger partial charge is 0.487 e. The molecular weight excluding hydrogens is 477 g/mol. The fourth-order valence-corrected chi connectivity index (χ4v) is 3.78. The highest BCUT2D eigenvalue weighted by molar-refractivity contribution is 9.10. The van der Waals surface area contributed by atoms with Gasteiger partial charge in [-0.05, 0) is 28.1 Å². The molecule has 1 spiro atoms. The topological polar surface area (TPSA) is 34.1 Å². The van der Waals surface area contributed by atoms with Crippen molar-refractivity contribution in [3.05, 3.63) is 51.6 Å². The number of ether oxygens (including phenoxy) is 2. The molecule has 4 nitrogen and oxygen atoms in total. The van der Waals surface area contributed by atoms with Crippen LogP contribution in [0.4, 0.5) is 30.7 Å². The van der Waals surface area contributed by atoms with Crippen molar-refractivity contribution in [1.82, 2.24) is 4.90 Å². The number of allylic oxidation sites excluding steroid dienone is 2. The van der Waals surface area contributed by atoms with Crippen LogP contribution in [0.3, 0.4) is 0 Å². The molecule has 156 valence electrons. The number of benzene rings is 1. The van der Waals surface area contributed by atoms with Crippen molar-refractivity contribution in [2.75, 3.05) is 13.2 Å². The molecule has 0 fully saturated rings. The average Bonchev–Trinajstić information content (AvgIpc) is 3.01. The Kier molecular flexibility index (Phi) is 4.59. The number of nitrogens with zero attached hydrogens (tertiary/aromatic N) is 2. The Labute approximate surface area is 167 Å². The second-order valence-electron chi connectivity index (χ2n) is 6.47. The van der Waals surface area contributed by atoms with E-state index in [1.165, 1.54) is 12.1 Å². The summed E-state index contributed by atoms with van der Waals surface area (Å²) in [6, 6.07) is 2.60. The van der Waals surface area contributed by atoms with Crippen LogP contribution in [0, 0.1) is 5.82 Å². The Bertz CT molecular complexity index is 960. The van der Waals surface area contributed by atoms with E-state index in [0.717, 1.165) is 4.90 Å². The van der Waals surface area contributed by atoms with Crippen LogP contribution in [0.25, 0.3) is 0 Å². The maximum absolute atomic E-state index is 15.0. The van der Waals surface area contributed by atoms with Gasteiger partial charge >= 0.3 is 12.8 Å². The van der Waals surface area contributed by atoms with E-state index < -0.39 is 60.6 Å². The third kappa shape index (κ3) is 3.17. The van der Waals surface area contributed by atoms with E-state index in [2.05, 4.69) is 25.7 Å². The molecule has 0 saturated carbocycles. The third-order valence-electron chi connectivity index (χ3n) is 4.74. The van der Waals surface area contributed by atoms with Crippen molar-refractivity contribution in [2.45, 2.75) is 24.5 Å². The summed E-state index contributed by atoms with van der Waals surface area (Å²) in [7, 11) is 0. The maximum Gasteiger partial charge on any atom is 0.417 e. The number of alkyl halides is 6. The quantitative estimate of drug-likeness (QED) is 0.562. The van der Waals surface area contributed by atoms with Crippen molar-refractivity contribution < 1.29 is 40.2 Å². The Morgan fingerprint density at radius 3 is 2.69 bits per heavy atom. The molecule has 3 heterocycles. The van der Waals surface area contributed by atoms with Crippen molar-refractivity contribution in [2.24, 2.45) is 4.99 Å². The number of hydrogen-bond donors (Lipinski definition) is 0. The lowest BCUT2D eigenvalue weighted by Crippen LogP contribution is -2.46. The first kappa shape index (κ1) is 20.0. The predicted octanol–water partition coefficient (Wildman–Crippen LogP) is 4.81. The monoisotopic (exact) mass is 486 g/mol. The zero-order chi connectivity index (χ0) is 21.1. The van der Waals surface area contributed by atoms with Crippen LogP contribution < -0.4 is 4.74 Å². The number of fused-ring (bicyclic) bond motifs is 3. The fraction of sp³-hybridized carbons (Fsp3) is 0.353. The number of amidine groups is 1. The molecule has 4 rings (SSSR count). The minimum Gasteiger partial charge on any atom is -0.487 e. The number of hydrogen-bond acceptors (Lipinski definition) is 4. The Balaban J connectivity index is 1.87. The van der Waals surface area contributed by atoms with Crippen molar-refractivity contribution in [3.8, 4) is 5.75 Å². The molecule has 3 aliphatic heterocycles. The zero-order valence-corrected chi connectivity index (χ0v) is 15.7. The van der Waals surface area contributed by atoms with Crippen molar-refractivity contribution >= 4 is 21.8 Å². The van der Waals surface area contributed by atoms with Gasteiger partial charge in [0.2, 0.25) is 0 Å². The summed E-state index contributed by atoms with van der Waals surface area (Å²) >= 11 is 2.97. The second-order valence-corrected chi connectivity index (χ2v) is 7.33. The van der Waals surface area contributed by atoms with Crippen molar-refractivity contribution in [1.29, 1.82) is 0 Å². The highest BCUT2D eigenvalue weighted by Crippen LogP contribution is 2.49. The van der Waals surface area contributed by atoms with Crippen LogP contribution in [-0.4, -0.2) is 42.8 Å². The van der Waals surface area contributed by atoms with Crippen molar-refractivity contribution in [3.63, 3.8) is 0 Å². The van der Waals surface area contributed by atoms with Crippen LogP contribution in [0.2, 0.25) is 0 Å². The minimum absolute atomic E-state index is 0.0351. The van der Waals surface area contributed by atoms with E-state index in [1.54, 1.807) is 0 Å². The van der Waals surface area contributed by atoms with Gasteiger partial charge in [0.15, 0.2) is 29.3 Å². The van der Waals surface area contributed by atoms with Gasteiger partial charge in [0.1, 0.15) is 12.1 Å². The summed E-state index contributed by atoms with van der Waals surface area (Å²) in [6.07, 6.45) is -5.74. The summed E-state index contributed by atoms with van der Waals surface area (Å²) in [4.78, 5) is 4.99. The van der Waals surface area contributed by atoms with Gasteiger partial charge in [0, 0.05) is 11.8 Å². The van der Waals surface area contributed by atoms with Gasteiger partial charge < -0.3 is 14.4 Å². The molecule has 0 aliphatic carbocycles. The molecule has 0 amide bonds. The second kappa shape index (κ2) is 6.64. The van der Waals surface area contributed by atoms with Crippen LogP contribution >= 0.6 is 15.9 Å². The summed E-state index contributed by atoms with van der Waals surface area (Å²) in [6.45, 7) is -4.52. The van der Waals surface area contributed by atoms with Gasteiger partial charge in [-0.2, -0.15) is 22.0 Å². The van der Waals surface area contributed by atoms with Gasteiger partial charge in [-0.25, -0.2) is 13.8 Å². The van der Waals surface area contributed by atoms with Gasteiger partial charge in [-0.3, -0.25) is 0 Å². The molecule has 12 heteroatoms. The summed E-state index contributed by atoms with van der Waals surface area (Å²) < 4.78 is 104. The maximum atomic E-state index is 15.0. The molecule has 1 unspecified atom stereocenters. The molecular formula is C17H10BrF7N2O2. The van der Waals surface area contributed by atoms with Crippen LogP contribution in [0.1, 0.15) is 5.56 Å². The van der Waals surface area contributed by atoms with Crippen LogP contribution in [-0.2, 0) is 10.3 Å². The Hall–Kier alpha value is -2.24. The lowest BCUT2D eigenvalue weighted by molar-refractivity contribution is -0.0981. The summed E-state index contributed by atoms with van der Waals surface area (Å²) in [5.41, 5.74) is -3.17. The lowest BCUT2D eigenvalue weighted by Gasteiger charge is -2.36. The Morgan fingerprint density at radius 1 is 1.31 bits per heavy atom.